The lowest BCUT2D eigenvalue weighted by Gasteiger charge is -1.97. The molecule has 1 heterocycles. The van der Waals surface area contributed by atoms with Gasteiger partial charge in [0.05, 0.1) is 11.7 Å². The molecule has 18 heavy (non-hydrogen) atoms. The van der Waals surface area contributed by atoms with Crippen molar-refractivity contribution in [3.63, 3.8) is 0 Å². The SMILES string of the molecule is C/C=C\C(N=Cc1ccc(C)c2nsnc12)=NC. The molecule has 0 fully saturated rings. The molecule has 92 valence electrons. The van der Waals surface area contributed by atoms with Crippen LogP contribution in [-0.2, 0) is 0 Å². The van der Waals surface area contributed by atoms with Gasteiger partial charge in [0, 0.05) is 18.8 Å². The molecular weight excluding hydrogens is 244 g/mol. The fourth-order valence-corrected chi connectivity index (χ4v) is 2.20. The van der Waals surface area contributed by atoms with Crippen molar-refractivity contribution >= 4 is 34.8 Å². The molecular formula is C13H14N4S. The summed E-state index contributed by atoms with van der Waals surface area (Å²) in [5.74, 6) is 0.689. The Labute approximate surface area is 110 Å². The fraction of sp³-hybridized carbons (Fsp3) is 0.231. The summed E-state index contributed by atoms with van der Waals surface area (Å²) < 4.78 is 8.60. The average molecular weight is 258 g/mol. The van der Waals surface area contributed by atoms with Crippen LogP contribution in [0.5, 0.6) is 0 Å². The van der Waals surface area contributed by atoms with Crippen molar-refractivity contribution in [3.8, 4) is 0 Å². The number of benzene rings is 1. The molecule has 0 aliphatic carbocycles. The maximum atomic E-state index is 4.34. The minimum atomic E-state index is 0.689. The Bertz CT molecular complexity index is 637. The van der Waals surface area contributed by atoms with Crippen molar-refractivity contribution in [2.24, 2.45) is 9.98 Å². The highest BCUT2D eigenvalue weighted by molar-refractivity contribution is 7.00. The van der Waals surface area contributed by atoms with E-state index in [0.29, 0.717) is 5.84 Å². The Hall–Kier alpha value is -1.88. The van der Waals surface area contributed by atoms with Gasteiger partial charge in [0.2, 0.25) is 0 Å². The second-order valence-corrected chi connectivity index (χ2v) is 4.30. The summed E-state index contributed by atoms with van der Waals surface area (Å²) >= 11 is 1.23. The zero-order valence-electron chi connectivity index (χ0n) is 10.6. The molecule has 0 amide bonds. The van der Waals surface area contributed by atoms with Gasteiger partial charge in [-0.15, -0.1) is 0 Å². The number of hydrogen-bond acceptors (Lipinski definition) is 4. The topological polar surface area (TPSA) is 50.5 Å². The number of aryl methyl sites for hydroxylation is 1. The van der Waals surface area contributed by atoms with Crippen molar-refractivity contribution in [2.45, 2.75) is 13.8 Å². The summed E-state index contributed by atoms with van der Waals surface area (Å²) in [5, 5.41) is 0. The van der Waals surface area contributed by atoms with Gasteiger partial charge in [0.15, 0.2) is 0 Å². The average Bonchev–Trinajstić information content (AvgIpc) is 2.86. The fourth-order valence-electron chi connectivity index (χ4n) is 1.57. The molecule has 2 aromatic rings. The molecule has 0 aliphatic heterocycles. The van der Waals surface area contributed by atoms with Gasteiger partial charge < -0.3 is 0 Å². The quantitative estimate of drug-likeness (QED) is 0.614. The number of fused-ring (bicyclic) bond motifs is 1. The molecule has 0 N–H and O–H groups in total. The lowest BCUT2D eigenvalue weighted by atomic mass is 10.1. The van der Waals surface area contributed by atoms with E-state index in [1.165, 1.54) is 11.7 Å². The van der Waals surface area contributed by atoms with Crippen molar-refractivity contribution in [3.05, 3.63) is 35.4 Å². The van der Waals surface area contributed by atoms with Gasteiger partial charge in [0.25, 0.3) is 0 Å². The van der Waals surface area contributed by atoms with E-state index in [1.807, 2.05) is 38.1 Å². The molecule has 0 saturated carbocycles. The number of rotatable bonds is 2. The predicted octanol–water partition coefficient (Wildman–Crippen LogP) is 3.02. The van der Waals surface area contributed by atoms with E-state index in [9.17, 15) is 0 Å². The molecule has 0 saturated heterocycles. The first-order chi connectivity index (χ1) is 8.76. The summed E-state index contributed by atoms with van der Waals surface area (Å²) in [6, 6.07) is 4.04. The first-order valence-corrected chi connectivity index (χ1v) is 6.34. The van der Waals surface area contributed by atoms with E-state index in [4.69, 9.17) is 0 Å². The number of hydrogen-bond donors (Lipinski definition) is 0. The largest absolute Gasteiger partial charge is 0.270 e. The monoisotopic (exact) mass is 258 g/mol. The van der Waals surface area contributed by atoms with Crippen LogP contribution < -0.4 is 0 Å². The van der Waals surface area contributed by atoms with E-state index >= 15 is 0 Å². The Kier molecular flexibility index (Phi) is 3.94. The Morgan fingerprint density at radius 2 is 2.06 bits per heavy atom. The number of allylic oxidation sites excluding steroid dienone is 1. The van der Waals surface area contributed by atoms with Crippen LogP contribution in [0.1, 0.15) is 18.1 Å². The lowest BCUT2D eigenvalue weighted by molar-refractivity contribution is 1.41. The number of amidine groups is 1. The predicted molar refractivity (Wildman–Crippen MR) is 77.9 cm³/mol. The van der Waals surface area contributed by atoms with Crippen LogP contribution in [0.25, 0.3) is 11.0 Å². The normalized spacial score (nSPS) is 13.2. The molecule has 0 spiro atoms. The van der Waals surface area contributed by atoms with Crippen LogP contribution in [-0.4, -0.2) is 27.8 Å². The lowest BCUT2D eigenvalue weighted by Crippen LogP contribution is -1.92. The van der Waals surface area contributed by atoms with Crippen LogP contribution in [0.15, 0.2) is 34.3 Å². The standard InChI is InChI=1S/C13H14N4S/c1-4-5-11(14-3)15-8-10-7-6-9(2)12-13(10)17-18-16-12/h4-8H,1-3H3/b5-4-,14-11?,15-8?. The van der Waals surface area contributed by atoms with E-state index in [0.717, 1.165) is 22.2 Å². The number of aromatic nitrogens is 2. The summed E-state index contributed by atoms with van der Waals surface area (Å²) in [5.41, 5.74) is 3.95. The summed E-state index contributed by atoms with van der Waals surface area (Å²) in [7, 11) is 1.72. The molecule has 4 nitrogen and oxygen atoms in total. The maximum absolute atomic E-state index is 4.34. The molecule has 1 aromatic carbocycles. The van der Waals surface area contributed by atoms with Gasteiger partial charge >= 0.3 is 0 Å². The van der Waals surface area contributed by atoms with Crippen molar-refractivity contribution < 1.29 is 0 Å². The van der Waals surface area contributed by atoms with Crippen molar-refractivity contribution in [2.75, 3.05) is 7.05 Å². The molecule has 0 aliphatic rings. The Balaban J connectivity index is 2.41. The van der Waals surface area contributed by atoms with Crippen LogP contribution in [0.4, 0.5) is 0 Å². The van der Waals surface area contributed by atoms with E-state index < -0.39 is 0 Å². The molecule has 0 bridgehead atoms. The zero-order valence-corrected chi connectivity index (χ0v) is 11.4. The second kappa shape index (κ2) is 5.64. The molecule has 0 unspecified atom stereocenters. The minimum absolute atomic E-state index is 0.689. The van der Waals surface area contributed by atoms with Gasteiger partial charge in [-0.05, 0) is 25.5 Å². The van der Waals surface area contributed by atoms with Gasteiger partial charge in [-0.3, -0.25) is 4.99 Å². The third-order valence-electron chi connectivity index (χ3n) is 2.53. The van der Waals surface area contributed by atoms with Gasteiger partial charge in [0.1, 0.15) is 16.9 Å². The Morgan fingerprint density at radius 1 is 1.28 bits per heavy atom. The van der Waals surface area contributed by atoms with Crippen molar-refractivity contribution in [1.29, 1.82) is 0 Å². The van der Waals surface area contributed by atoms with Crippen LogP contribution in [0.3, 0.4) is 0 Å². The highest BCUT2D eigenvalue weighted by Gasteiger charge is 2.05. The molecule has 5 heteroatoms. The first-order valence-electron chi connectivity index (χ1n) is 5.61. The third-order valence-corrected chi connectivity index (χ3v) is 3.06. The zero-order chi connectivity index (χ0) is 13.0. The van der Waals surface area contributed by atoms with Gasteiger partial charge in [-0.1, -0.05) is 18.2 Å². The minimum Gasteiger partial charge on any atom is -0.270 e. The second-order valence-electron chi connectivity index (χ2n) is 3.77. The van der Waals surface area contributed by atoms with Gasteiger partial charge in [-0.2, -0.15) is 8.75 Å². The number of aliphatic imine (C=N–C) groups is 2. The highest BCUT2D eigenvalue weighted by atomic mass is 32.1. The highest BCUT2D eigenvalue weighted by Crippen LogP contribution is 2.19. The summed E-state index contributed by atoms with van der Waals surface area (Å²) in [6.45, 7) is 3.97. The van der Waals surface area contributed by atoms with E-state index in [-0.39, 0.29) is 0 Å². The number of nitrogens with zero attached hydrogens (tertiary/aromatic N) is 4. The molecule has 0 atom stereocenters. The first kappa shape index (κ1) is 12.6. The summed E-state index contributed by atoms with van der Waals surface area (Å²) in [6.07, 6.45) is 5.56. The van der Waals surface area contributed by atoms with E-state index in [1.54, 1.807) is 13.3 Å². The summed E-state index contributed by atoms with van der Waals surface area (Å²) in [4.78, 5) is 8.41. The molecule has 2 rings (SSSR count). The van der Waals surface area contributed by atoms with Crippen LogP contribution >= 0.6 is 11.7 Å². The maximum Gasteiger partial charge on any atom is 0.146 e. The van der Waals surface area contributed by atoms with Crippen LogP contribution in [0, 0.1) is 6.92 Å². The smallest absolute Gasteiger partial charge is 0.146 e. The third kappa shape index (κ3) is 2.51. The van der Waals surface area contributed by atoms with E-state index in [2.05, 4.69) is 18.7 Å². The molecule has 0 radical (unpaired) electrons. The van der Waals surface area contributed by atoms with Crippen molar-refractivity contribution in [1.82, 2.24) is 8.75 Å². The Morgan fingerprint density at radius 3 is 2.78 bits per heavy atom. The molecule has 1 aromatic heterocycles. The van der Waals surface area contributed by atoms with Crippen LogP contribution in [0.2, 0.25) is 0 Å². The van der Waals surface area contributed by atoms with Gasteiger partial charge in [-0.25, -0.2) is 4.99 Å².